The zero-order chi connectivity index (χ0) is 19.4. The van der Waals surface area contributed by atoms with Crippen LogP contribution in [-0.2, 0) is 0 Å². The lowest BCUT2D eigenvalue weighted by molar-refractivity contribution is 0.0950. The zero-order valence-corrected chi connectivity index (χ0v) is 14.8. The van der Waals surface area contributed by atoms with E-state index < -0.39 is 11.7 Å². The number of halogens is 1. The van der Waals surface area contributed by atoms with Crippen LogP contribution < -0.4 is 15.4 Å². The van der Waals surface area contributed by atoms with Crippen molar-refractivity contribution in [2.24, 2.45) is 0 Å². The third-order valence-corrected chi connectivity index (χ3v) is 4.29. The minimum atomic E-state index is -0.552. The van der Waals surface area contributed by atoms with Crippen molar-refractivity contribution in [3.05, 3.63) is 47.8 Å². The third kappa shape index (κ3) is 4.28. The van der Waals surface area contributed by atoms with E-state index in [4.69, 9.17) is 4.74 Å². The largest absolute Gasteiger partial charge is 0.504 e. The topological polar surface area (TPSA) is 90.9 Å². The lowest BCUT2D eigenvalue weighted by atomic mass is 10.0. The maximum absolute atomic E-state index is 14.0. The molecule has 3 N–H and O–H groups in total. The van der Waals surface area contributed by atoms with Crippen LogP contribution in [0.25, 0.3) is 11.1 Å². The molecular weight excluding hydrogens is 353 g/mol. The Hall–Kier alpha value is -3.29. The lowest BCUT2D eigenvalue weighted by Crippen LogP contribution is -2.36. The number of hydrogen-bond donors (Lipinski definition) is 3. The fourth-order valence-electron chi connectivity index (χ4n) is 2.88. The number of phenols is 1. The molecule has 142 valence electrons. The molecule has 7 nitrogen and oxygen atoms in total. The molecule has 1 heterocycles. The first-order chi connectivity index (χ1) is 13.0. The van der Waals surface area contributed by atoms with Crippen molar-refractivity contribution in [3.63, 3.8) is 0 Å². The molecule has 8 heteroatoms. The molecule has 0 unspecified atom stereocenters. The van der Waals surface area contributed by atoms with Crippen LogP contribution in [0.15, 0.2) is 36.4 Å². The Morgan fingerprint density at radius 2 is 2.11 bits per heavy atom. The lowest BCUT2D eigenvalue weighted by Gasteiger charge is -2.14. The van der Waals surface area contributed by atoms with Crippen LogP contribution in [0, 0.1) is 5.82 Å². The monoisotopic (exact) mass is 373 g/mol. The molecule has 2 aromatic rings. The number of carbonyl (C=O) groups excluding carboxylic acids is 2. The maximum Gasteiger partial charge on any atom is 0.317 e. The highest BCUT2D eigenvalue weighted by molar-refractivity contribution is 5.95. The van der Waals surface area contributed by atoms with Crippen molar-refractivity contribution in [1.82, 2.24) is 15.5 Å². The van der Waals surface area contributed by atoms with Gasteiger partial charge in [-0.05, 0) is 41.5 Å². The summed E-state index contributed by atoms with van der Waals surface area (Å²) in [7, 11) is 1.42. The average Bonchev–Trinajstić information content (AvgIpc) is 3.06. The number of rotatable bonds is 6. The van der Waals surface area contributed by atoms with Gasteiger partial charge in [-0.25, -0.2) is 9.18 Å². The summed E-state index contributed by atoms with van der Waals surface area (Å²) in [6.45, 7) is 1.84. The first-order valence-electron chi connectivity index (χ1n) is 8.47. The van der Waals surface area contributed by atoms with Gasteiger partial charge in [-0.2, -0.15) is 0 Å². The van der Waals surface area contributed by atoms with Crippen molar-refractivity contribution in [1.29, 1.82) is 0 Å². The number of hydrogen-bond acceptors (Lipinski definition) is 4. The molecule has 0 spiro atoms. The van der Waals surface area contributed by atoms with Crippen LogP contribution in [-0.4, -0.2) is 55.2 Å². The van der Waals surface area contributed by atoms with Crippen molar-refractivity contribution in [2.75, 3.05) is 33.3 Å². The number of urea groups is 1. The van der Waals surface area contributed by atoms with Gasteiger partial charge in [0, 0.05) is 31.7 Å². The number of ether oxygens (including phenoxy) is 1. The normalized spacial score (nSPS) is 13.4. The van der Waals surface area contributed by atoms with E-state index in [-0.39, 0.29) is 29.6 Å². The van der Waals surface area contributed by atoms with Gasteiger partial charge in [0.25, 0.3) is 5.91 Å². The minimum absolute atomic E-state index is 0.0263. The molecule has 1 aliphatic heterocycles. The second kappa shape index (κ2) is 7.94. The van der Waals surface area contributed by atoms with Crippen LogP contribution in [0.4, 0.5) is 9.18 Å². The Morgan fingerprint density at radius 3 is 2.81 bits per heavy atom. The Kier molecular flexibility index (Phi) is 5.44. The minimum Gasteiger partial charge on any atom is -0.504 e. The van der Waals surface area contributed by atoms with Crippen molar-refractivity contribution >= 4 is 11.9 Å². The van der Waals surface area contributed by atoms with E-state index >= 15 is 0 Å². The van der Waals surface area contributed by atoms with E-state index in [0.717, 1.165) is 6.07 Å². The molecule has 1 saturated heterocycles. The highest BCUT2D eigenvalue weighted by atomic mass is 19.1. The number of amides is 3. The van der Waals surface area contributed by atoms with E-state index in [0.29, 0.717) is 30.8 Å². The van der Waals surface area contributed by atoms with Gasteiger partial charge in [-0.1, -0.05) is 6.07 Å². The smallest absolute Gasteiger partial charge is 0.317 e. The van der Waals surface area contributed by atoms with Gasteiger partial charge in [0.15, 0.2) is 11.5 Å². The molecule has 3 rings (SSSR count). The molecule has 0 aliphatic carbocycles. The van der Waals surface area contributed by atoms with Gasteiger partial charge >= 0.3 is 6.03 Å². The molecule has 2 aromatic carbocycles. The molecule has 1 aliphatic rings. The predicted octanol–water partition coefficient (Wildman–Crippen LogP) is 1.96. The van der Waals surface area contributed by atoms with Gasteiger partial charge in [-0.15, -0.1) is 0 Å². The first-order valence-corrected chi connectivity index (χ1v) is 8.47. The van der Waals surface area contributed by atoms with Crippen molar-refractivity contribution in [2.45, 2.75) is 0 Å². The molecule has 3 amide bonds. The fourth-order valence-corrected chi connectivity index (χ4v) is 2.88. The summed E-state index contributed by atoms with van der Waals surface area (Å²) in [6.07, 6.45) is 0. The van der Waals surface area contributed by atoms with E-state index in [1.807, 2.05) is 0 Å². The molecular formula is C19H20FN3O4. The quantitative estimate of drug-likeness (QED) is 0.722. The highest BCUT2D eigenvalue weighted by Crippen LogP contribution is 2.32. The van der Waals surface area contributed by atoms with Crippen LogP contribution in [0.2, 0.25) is 0 Å². The second-order valence-corrected chi connectivity index (χ2v) is 6.09. The summed E-state index contributed by atoms with van der Waals surface area (Å²) in [4.78, 5) is 25.4. The summed E-state index contributed by atoms with van der Waals surface area (Å²) < 4.78 is 19.1. The summed E-state index contributed by atoms with van der Waals surface area (Å²) in [5, 5.41) is 15.1. The fraction of sp³-hybridized carbons (Fsp3) is 0.263. The molecule has 27 heavy (non-hydrogen) atoms. The Labute approximate surface area is 155 Å². The van der Waals surface area contributed by atoms with Gasteiger partial charge in [0.1, 0.15) is 5.82 Å². The number of nitrogens with one attached hydrogen (secondary N) is 2. The Morgan fingerprint density at radius 1 is 1.30 bits per heavy atom. The summed E-state index contributed by atoms with van der Waals surface area (Å²) in [6, 6.07) is 8.49. The standard InChI is InChI=1S/C19H20FN3O4/c1-27-17-11-12(2-3-16(17)24)13-8-14(10-15(20)9-13)18(25)21-4-6-23-7-5-22-19(23)26/h2-3,8-11,24H,4-7H2,1H3,(H,21,25)(H,22,26). The van der Waals surface area contributed by atoms with Crippen molar-refractivity contribution in [3.8, 4) is 22.6 Å². The van der Waals surface area contributed by atoms with E-state index in [1.165, 1.54) is 19.2 Å². The summed E-state index contributed by atoms with van der Waals surface area (Å²) in [5.74, 6) is -0.752. The molecule has 0 saturated carbocycles. The number of phenolic OH excluding ortho intramolecular Hbond substituents is 1. The summed E-state index contributed by atoms with van der Waals surface area (Å²) >= 11 is 0. The highest BCUT2D eigenvalue weighted by Gasteiger charge is 2.19. The third-order valence-electron chi connectivity index (χ3n) is 4.29. The number of carbonyl (C=O) groups is 2. The van der Waals surface area contributed by atoms with Crippen LogP contribution >= 0.6 is 0 Å². The van der Waals surface area contributed by atoms with Crippen LogP contribution in [0.3, 0.4) is 0 Å². The molecule has 0 aromatic heterocycles. The van der Waals surface area contributed by atoms with Gasteiger partial charge in [0.2, 0.25) is 0 Å². The Bertz CT molecular complexity index is 872. The van der Waals surface area contributed by atoms with Crippen LogP contribution in [0.5, 0.6) is 11.5 Å². The van der Waals surface area contributed by atoms with Gasteiger partial charge in [0.05, 0.1) is 7.11 Å². The average molecular weight is 373 g/mol. The maximum atomic E-state index is 14.0. The zero-order valence-electron chi connectivity index (χ0n) is 14.8. The van der Waals surface area contributed by atoms with Gasteiger partial charge in [-0.3, -0.25) is 4.79 Å². The first kappa shape index (κ1) is 18.5. The van der Waals surface area contributed by atoms with Gasteiger partial charge < -0.3 is 25.4 Å². The van der Waals surface area contributed by atoms with Crippen molar-refractivity contribution < 1.29 is 23.8 Å². The van der Waals surface area contributed by atoms with Crippen LogP contribution in [0.1, 0.15) is 10.4 Å². The van der Waals surface area contributed by atoms with E-state index in [1.54, 1.807) is 23.1 Å². The number of aromatic hydroxyl groups is 1. The number of methoxy groups -OCH3 is 1. The van der Waals surface area contributed by atoms with E-state index in [9.17, 15) is 19.1 Å². The molecule has 0 bridgehead atoms. The SMILES string of the molecule is COc1cc(-c2cc(F)cc(C(=O)NCCN3CCNC3=O)c2)ccc1O. The molecule has 0 radical (unpaired) electrons. The number of nitrogens with zero attached hydrogens (tertiary/aromatic N) is 1. The Balaban J connectivity index is 1.72. The molecule has 0 atom stereocenters. The second-order valence-electron chi connectivity index (χ2n) is 6.09. The summed E-state index contributed by atoms with van der Waals surface area (Å²) in [5.41, 5.74) is 1.26. The van der Waals surface area contributed by atoms with E-state index in [2.05, 4.69) is 10.6 Å². The molecule has 1 fully saturated rings. The number of benzene rings is 2. The predicted molar refractivity (Wildman–Crippen MR) is 97.4 cm³/mol.